The average Bonchev–Trinajstić information content (AvgIpc) is 2.49. The molecule has 0 amide bonds. The Morgan fingerprint density at radius 2 is 1.30 bits per heavy atom. The van der Waals surface area contributed by atoms with Gasteiger partial charge in [-0.2, -0.15) is 0 Å². The van der Waals surface area contributed by atoms with Crippen molar-refractivity contribution in [1.82, 2.24) is 0 Å². The molecule has 0 bridgehead atoms. The molecule has 0 unspecified atom stereocenters. The highest BCUT2D eigenvalue weighted by molar-refractivity contribution is 9.09. The molecule has 1 nitrogen and oxygen atoms in total. The SMILES string of the molecule is BrCCCCCCCCCOCCCc1ccccc1. The third-order valence-corrected chi connectivity index (χ3v) is 4.08. The zero-order valence-corrected chi connectivity index (χ0v) is 14.2. The fourth-order valence-electron chi connectivity index (χ4n) is 2.31. The van der Waals surface area contributed by atoms with Crippen molar-refractivity contribution in [2.24, 2.45) is 0 Å². The second-order valence-corrected chi connectivity index (χ2v) is 6.16. The van der Waals surface area contributed by atoms with Crippen molar-refractivity contribution in [3.63, 3.8) is 0 Å². The van der Waals surface area contributed by atoms with Gasteiger partial charge in [0.2, 0.25) is 0 Å². The summed E-state index contributed by atoms with van der Waals surface area (Å²) >= 11 is 3.47. The molecule has 20 heavy (non-hydrogen) atoms. The molecule has 0 radical (unpaired) electrons. The van der Waals surface area contributed by atoms with Gasteiger partial charge in [0, 0.05) is 18.5 Å². The monoisotopic (exact) mass is 340 g/mol. The van der Waals surface area contributed by atoms with E-state index >= 15 is 0 Å². The van der Waals surface area contributed by atoms with E-state index in [-0.39, 0.29) is 0 Å². The Balaban J connectivity index is 1.77. The highest BCUT2D eigenvalue weighted by Crippen LogP contribution is 2.08. The minimum Gasteiger partial charge on any atom is -0.381 e. The van der Waals surface area contributed by atoms with Crippen LogP contribution in [0.1, 0.15) is 56.9 Å². The molecule has 0 saturated heterocycles. The predicted molar refractivity (Wildman–Crippen MR) is 91.7 cm³/mol. The smallest absolute Gasteiger partial charge is 0.0469 e. The molecule has 0 atom stereocenters. The molecule has 0 aliphatic heterocycles. The minimum atomic E-state index is 0.903. The molecule has 1 aromatic rings. The molecule has 0 aliphatic rings. The van der Waals surface area contributed by atoms with Gasteiger partial charge in [-0.1, -0.05) is 78.4 Å². The van der Waals surface area contributed by atoms with Gasteiger partial charge in [-0.3, -0.25) is 0 Å². The summed E-state index contributed by atoms with van der Waals surface area (Å²) in [6.45, 7) is 1.84. The zero-order chi connectivity index (χ0) is 14.3. The number of unbranched alkanes of at least 4 members (excludes halogenated alkanes) is 6. The van der Waals surface area contributed by atoms with Crippen LogP contribution in [0.2, 0.25) is 0 Å². The first-order valence-electron chi connectivity index (χ1n) is 8.11. The molecule has 0 aromatic heterocycles. The number of hydrogen-bond donors (Lipinski definition) is 0. The maximum absolute atomic E-state index is 5.69. The third-order valence-electron chi connectivity index (χ3n) is 3.52. The molecular weight excluding hydrogens is 312 g/mol. The molecule has 1 aromatic carbocycles. The minimum absolute atomic E-state index is 0.903. The van der Waals surface area contributed by atoms with Crippen molar-refractivity contribution in [2.45, 2.75) is 57.8 Å². The summed E-state index contributed by atoms with van der Waals surface area (Å²) in [6, 6.07) is 10.7. The van der Waals surface area contributed by atoms with Gasteiger partial charge in [-0.25, -0.2) is 0 Å². The molecule has 2 heteroatoms. The van der Waals surface area contributed by atoms with E-state index in [1.807, 2.05) is 0 Å². The van der Waals surface area contributed by atoms with Crippen molar-refractivity contribution in [3.05, 3.63) is 35.9 Å². The van der Waals surface area contributed by atoms with Crippen LogP contribution >= 0.6 is 15.9 Å². The number of ether oxygens (including phenoxy) is 1. The highest BCUT2D eigenvalue weighted by Gasteiger charge is 1.94. The number of halogens is 1. The van der Waals surface area contributed by atoms with Gasteiger partial charge < -0.3 is 4.74 Å². The lowest BCUT2D eigenvalue weighted by molar-refractivity contribution is 0.127. The average molecular weight is 341 g/mol. The third kappa shape index (κ3) is 10.4. The van der Waals surface area contributed by atoms with Crippen molar-refractivity contribution in [2.75, 3.05) is 18.5 Å². The molecule has 0 N–H and O–H groups in total. The van der Waals surface area contributed by atoms with E-state index in [0.29, 0.717) is 0 Å². The van der Waals surface area contributed by atoms with E-state index in [1.54, 1.807) is 0 Å². The summed E-state index contributed by atoms with van der Waals surface area (Å²) in [6.07, 6.45) is 11.7. The van der Waals surface area contributed by atoms with Crippen LogP contribution in [0.3, 0.4) is 0 Å². The first-order chi connectivity index (χ1) is 9.93. The topological polar surface area (TPSA) is 9.23 Å². The Kier molecular flexibility index (Phi) is 12.1. The highest BCUT2D eigenvalue weighted by atomic mass is 79.9. The summed E-state index contributed by atoms with van der Waals surface area (Å²) in [7, 11) is 0. The van der Waals surface area contributed by atoms with Gasteiger partial charge in [0.25, 0.3) is 0 Å². The molecule has 114 valence electrons. The second kappa shape index (κ2) is 13.6. The van der Waals surface area contributed by atoms with Crippen LogP contribution in [0.4, 0.5) is 0 Å². The quantitative estimate of drug-likeness (QED) is 0.327. The Morgan fingerprint density at radius 1 is 0.700 bits per heavy atom. The van der Waals surface area contributed by atoms with Crippen LogP contribution in [0.5, 0.6) is 0 Å². The van der Waals surface area contributed by atoms with Crippen molar-refractivity contribution in [1.29, 1.82) is 0 Å². The molecule has 0 spiro atoms. The van der Waals surface area contributed by atoms with Crippen LogP contribution in [-0.2, 0) is 11.2 Å². The van der Waals surface area contributed by atoms with Gasteiger partial charge in [0.15, 0.2) is 0 Å². The Labute approximate surface area is 133 Å². The van der Waals surface area contributed by atoms with Crippen molar-refractivity contribution >= 4 is 15.9 Å². The number of aryl methyl sites for hydroxylation is 1. The summed E-state index contributed by atoms with van der Waals surface area (Å²) in [5.74, 6) is 0. The van der Waals surface area contributed by atoms with Gasteiger partial charge in [0.05, 0.1) is 0 Å². The number of hydrogen-bond acceptors (Lipinski definition) is 1. The first kappa shape index (κ1) is 17.7. The van der Waals surface area contributed by atoms with Crippen LogP contribution in [0, 0.1) is 0 Å². The molecule has 1 rings (SSSR count). The van der Waals surface area contributed by atoms with Crippen LogP contribution in [0.15, 0.2) is 30.3 Å². The Hall–Kier alpha value is -0.340. The molecular formula is C18H29BrO. The predicted octanol–water partition coefficient (Wildman–Crippen LogP) is 5.76. The van der Waals surface area contributed by atoms with Crippen LogP contribution < -0.4 is 0 Å². The molecule has 0 fully saturated rings. The maximum atomic E-state index is 5.69. The number of rotatable bonds is 13. The van der Waals surface area contributed by atoms with Crippen molar-refractivity contribution in [3.8, 4) is 0 Å². The normalized spacial score (nSPS) is 10.8. The number of benzene rings is 1. The zero-order valence-electron chi connectivity index (χ0n) is 12.7. The summed E-state index contributed by atoms with van der Waals surface area (Å²) in [4.78, 5) is 0. The summed E-state index contributed by atoms with van der Waals surface area (Å²) < 4.78 is 5.69. The van der Waals surface area contributed by atoms with E-state index in [1.165, 1.54) is 50.5 Å². The van der Waals surface area contributed by atoms with E-state index in [9.17, 15) is 0 Å². The van der Waals surface area contributed by atoms with Gasteiger partial charge >= 0.3 is 0 Å². The van der Waals surface area contributed by atoms with Gasteiger partial charge in [-0.15, -0.1) is 0 Å². The first-order valence-corrected chi connectivity index (χ1v) is 9.23. The van der Waals surface area contributed by atoms with E-state index in [0.717, 1.165) is 31.4 Å². The maximum Gasteiger partial charge on any atom is 0.0469 e. The largest absolute Gasteiger partial charge is 0.381 e. The van der Waals surface area contributed by atoms with Gasteiger partial charge in [0.1, 0.15) is 0 Å². The Bertz CT molecular complexity index is 300. The van der Waals surface area contributed by atoms with Gasteiger partial charge in [-0.05, 0) is 31.2 Å². The fourth-order valence-corrected chi connectivity index (χ4v) is 2.70. The molecule has 0 heterocycles. The lowest BCUT2D eigenvalue weighted by Gasteiger charge is -2.05. The van der Waals surface area contributed by atoms with Crippen LogP contribution in [0.25, 0.3) is 0 Å². The number of alkyl halides is 1. The van der Waals surface area contributed by atoms with E-state index in [4.69, 9.17) is 4.74 Å². The summed E-state index contributed by atoms with van der Waals surface area (Å²) in [5, 5.41) is 1.16. The molecule has 0 aliphatic carbocycles. The van der Waals surface area contributed by atoms with E-state index < -0.39 is 0 Å². The lowest BCUT2D eigenvalue weighted by Crippen LogP contribution is -1.98. The summed E-state index contributed by atoms with van der Waals surface area (Å²) in [5.41, 5.74) is 1.42. The molecule has 0 saturated carbocycles. The van der Waals surface area contributed by atoms with Crippen LogP contribution in [-0.4, -0.2) is 18.5 Å². The second-order valence-electron chi connectivity index (χ2n) is 5.37. The Morgan fingerprint density at radius 3 is 2.00 bits per heavy atom. The van der Waals surface area contributed by atoms with Crippen molar-refractivity contribution < 1.29 is 4.74 Å². The van der Waals surface area contributed by atoms with E-state index in [2.05, 4.69) is 46.3 Å². The lowest BCUT2D eigenvalue weighted by atomic mass is 10.1. The standard InChI is InChI=1S/C18H29BrO/c19-15-9-4-2-1-3-5-10-16-20-17-11-14-18-12-7-6-8-13-18/h6-8,12-13H,1-5,9-11,14-17H2. The fraction of sp³-hybridized carbons (Fsp3) is 0.667.